The third kappa shape index (κ3) is 4.55. The number of nitrogens with two attached hydrogens (primary N) is 2. The minimum absolute atomic E-state index is 0.0874. The first-order chi connectivity index (χ1) is 9.31. The Morgan fingerprint density at radius 1 is 1.10 bits per heavy atom. The molecule has 3 amide bonds. The first-order valence-electron chi connectivity index (χ1n) is 6.53. The fourth-order valence-corrected chi connectivity index (χ4v) is 1.69. The van der Waals surface area contributed by atoms with Gasteiger partial charge in [-0.25, -0.2) is 4.79 Å². The fourth-order valence-electron chi connectivity index (χ4n) is 1.69. The summed E-state index contributed by atoms with van der Waals surface area (Å²) in [4.78, 5) is 22.6. The van der Waals surface area contributed by atoms with E-state index in [0.717, 1.165) is 5.56 Å². The Morgan fingerprint density at radius 2 is 1.65 bits per heavy atom. The Morgan fingerprint density at radius 3 is 2.10 bits per heavy atom. The molecule has 0 fully saturated rings. The minimum Gasteiger partial charge on any atom is -0.351 e. The number of rotatable bonds is 5. The summed E-state index contributed by atoms with van der Waals surface area (Å²) in [6.07, 6.45) is 0. The quantitative estimate of drug-likeness (QED) is 0.652. The van der Waals surface area contributed by atoms with Crippen LogP contribution in [0.4, 0.5) is 10.5 Å². The average molecular weight is 278 g/mol. The molecule has 0 saturated carbocycles. The highest BCUT2D eigenvalue weighted by Crippen LogP contribution is 2.16. The van der Waals surface area contributed by atoms with Crippen molar-refractivity contribution in [3.05, 3.63) is 29.8 Å². The van der Waals surface area contributed by atoms with E-state index in [1.165, 1.54) is 0 Å². The van der Waals surface area contributed by atoms with Gasteiger partial charge in [0.2, 0.25) is 5.91 Å². The zero-order valence-corrected chi connectivity index (χ0v) is 12.0. The Bertz CT molecular complexity index is 471. The molecule has 110 valence electrons. The number of carbonyl (C=O) groups is 2. The molecule has 1 aromatic rings. The van der Waals surface area contributed by atoms with Crippen molar-refractivity contribution in [2.24, 2.45) is 17.4 Å². The van der Waals surface area contributed by atoms with E-state index in [9.17, 15) is 9.59 Å². The topological polar surface area (TPSA) is 110 Å². The summed E-state index contributed by atoms with van der Waals surface area (Å²) < 4.78 is 0. The maximum absolute atomic E-state index is 11.9. The van der Waals surface area contributed by atoms with Gasteiger partial charge in [0.25, 0.3) is 0 Å². The van der Waals surface area contributed by atoms with Gasteiger partial charge in [-0.2, -0.15) is 0 Å². The molecule has 2 atom stereocenters. The summed E-state index contributed by atoms with van der Waals surface area (Å²) in [5.74, 6) is -0.0869. The van der Waals surface area contributed by atoms with Crippen molar-refractivity contribution in [2.45, 2.75) is 32.9 Å². The Hall–Kier alpha value is -2.08. The van der Waals surface area contributed by atoms with Crippen LogP contribution in [0.15, 0.2) is 24.3 Å². The van der Waals surface area contributed by atoms with Gasteiger partial charge in [0, 0.05) is 5.69 Å². The highest BCUT2D eigenvalue weighted by Gasteiger charge is 2.19. The van der Waals surface area contributed by atoms with Gasteiger partial charge in [0.05, 0.1) is 12.1 Å². The van der Waals surface area contributed by atoms with E-state index in [4.69, 9.17) is 11.5 Å². The van der Waals surface area contributed by atoms with Crippen LogP contribution in [0.25, 0.3) is 0 Å². The van der Waals surface area contributed by atoms with E-state index in [1.807, 2.05) is 32.9 Å². The van der Waals surface area contributed by atoms with Crippen LogP contribution in [0.1, 0.15) is 32.4 Å². The van der Waals surface area contributed by atoms with Gasteiger partial charge in [-0.3, -0.25) is 4.79 Å². The molecule has 0 aliphatic rings. The number of hydrogen-bond donors (Lipinski definition) is 4. The molecule has 0 bridgehead atoms. The molecular weight excluding hydrogens is 256 g/mol. The molecule has 1 aromatic carbocycles. The van der Waals surface area contributed by atoms with Crippen LogP contribution >= 0.6 is 0 Å². The summed E-state index contributed by atoms with van der Waals surface area (Å²) in [6.45, 7) is 5.68. The van der Waals surface area contributed by atoms with E-state index in [-0.39, 0.29) is 17.9 Å². The van der Waals surface area contributed by atoms with E-state index >= 15 is 0 Å². The van der Waals surface area contributed by atoms with Crippen molar-refractivity contribution in [3.8, 4) is 0 Å². The lowest BCUT2D eigenvalue weighted by Crippen LogP contribution is -2.44. The van der Waals surface area contributed by atoms with Crippen molar-refractivity contribution >= 4 is 17.6 Å². The smallest absolute Gasteiger partial charge is 0.316 e. The molecule has 6 heteroatoms. The van der Waals surface area contributed by atoms with Crippen LogP contribution in [0.5, 0.6) is 0 Å². The number of amides is 3. The van der Waals surface area contributed by atoms with Crippen LogP contribution in [0, 0.1) is 5.92 Å². The number of hydrogen-bond acceptors (Lipinski definition) is 3. The number of nitrogens with one attached hydrogen (secondary N) is 2. The first-order valence-corrected chi connectivity index (χ1v) is 6.53. The maximum atomic E-state index is 11.9. The Labute approximate surface area is 118 Å². The van der Waals surface area contributed by atoms with Gasteiger partial charge in [-0.15, -0.1) is 0 Å². The molecule has 0 heterocycles. The molecule has 0 aliphatic carbocycles. The molecule has 0 aromatic heterocycles. The number of urea groups is 1. The van der Waals surface area contributed by atoms with E-state index in [0.29, 0.717) is 5.69 Å². The zero-order chi connectivity index (χ0) is 15.3. The second-order valence-electron chi connectivity index (χ2n) is 5.11. The van der Waals surface area contributed by atoms with E-state index < -0.39 is 12.1 Å². The summed E-state index contributed by atoms with van der Waals surface area (Å²) in [6, 6.07) is 5.80. The second kappa shape index (κ2) is 6.91. The van der Waals surface area contributed by atoms with Crippen molar-refractivity contribution in [2.75, 3.05) is 5.32 Å². The summed E-state index contributed by atoms with van der Waals surface area (Å²) >= 11 is 0. The van der Waals surface area contributed by atoms with Gasteiger partial charge in [0.15, 0.2) is 0 Å². The minimum atomic E-state index is -0.609. The maximum Gasteiger partial charge on any atom is 0.316 e. The predicted octanol–water partition coefficient (Wildman–Crippen LogP) is 1.34. The number of primary amides is 1. The fraction of sp³-hybridized carbons (Fsp3) is 0.429. The van der Waals surface area contributed by atoms with Crippen LogP contribution in [0.2, 0.25) is 0 Å². The predicted molar refractivity (Wildman–Crippen MR) is 79.0 cm³/mol. The normalized spacial score (nSPS) is 13.7. The highest BCUT2D eigenvalue weighted by atomic mass is 16.2. The Balaban J connectivity index is 2.66. The van der Waals surface area contributed by atoms with Gasteiger partial charge in [-0.05, 0) is 30.5 Å². The molecule has 1 rings (SSSR count). The van der Waals surface area contributed by atoms with Gasteiger partial charge in [-0.1, -0.05) is 26.0 Å². The standard InChI is InChI=1S/C14H22N4O2/c1-8(2)12(15)13(19)17-9(3)10-4-6-11(7-5-10)18-14(16)20/h4-9,12H,15H2,1-3H3,(H,17,19)(H3,16,18,20)/t9?,12-/m0/s1. The van der Waals surface area contributed by atoms with Crippen LogP contribution in [0.3, 0.4) is 0 Å². The molecule has 1 unspecified atom stereocenters. The van der Waals surface area contributed by atoms with Gasteiger partial charge in [0.1, 0.15) is 0 Å². The van der Waals surface area contributed by atoms with Crippen molar-refractivity contribution in [1.29, 1.82) is 0 Å². The van der Waals surface area contributed by atoms with E-state index in [2.05, 4.69) is 10.6 Å². The summed E-state index contributed by atoms with van der Waals surface area (Å²) in [5, 5.41) is 5.34. The third-order valence-corrected chi connectivity index (χ3v) is 3.06. The highest BCUT2D eigenvalue weighted by molar-refractivity contribution is 5.87. The van der Waals surface area contributed by atoms with Crippen LogP contribution < -0.4 is 22.1 Å². The Kier molecular flexibility index (Phi) is 5.52. The third-order valence-electron chi connectivity index (χ3n) is 3.06. The molecule has 0 aliphatic heterocycles. The summed E-state index contributed by atoms with van der Waals surface area (Å²) in [7, 11) is 0. The van der Waals surface area contributed by atoms with Crippen LogP contribution in [-0.2, 0) is 4.79 Å². The second-order valence-corrected chi connectivity index (χ2v) is 5.11. The molecule has 0 radical (unpaired) electrons. The molecule has 6 N–H and O–H groups in total. The lowest BCUT2D eigenvalue weighted by atomic mass is 10.0. The molecule has 6 nitrogen and oxygen atoms in total. The number of carbonyl (C=O) groups excluding carboxylic acids is 2. The van der Waals surface area contributed by atoms with Gasteiger partial charge < -0.3 is 22.1 Å². The van der Waals surface area contributed by atoms with Crippen molar-refractivity contribution < 1.29 is 9.59 Å². The summed E-state index contributed by atoms with van der Waals surface area (Å²) in [5.41, 5.74) is 12.4. The number of benzene rings is 1. The molecular formula is C14H22N4O2. The van der Waals surface area contributed by atoms with Crippen molar-refractivity contribution in [1.82, 2.24) is 5.32 Å². The average Bonchev–Trinajstić information content (AvgIpc) is 2.37. The van der Waals surface area contributed by atoms with Crippen molar-refractivity contribution in [3.63, 3.8) is 0 Å². The molecule has 0 saturated heterocycles. The molecule has 0 spiro atoms. The molecule has 20 heavy (non-hydrogen) atoms. The van der Waals surface area contributed by atoms with Gasteiger partial charge >= 0.3 is 6.03 Å². The lowest BCUT2D eigenvalue weighted by Gasteiger charge is -2.20. The monoisotopic (exact) mass is 278 g/mol. The first kappa shape index (κ1) is 16.0. The zero-order valence-electron chi connectivity index (χ0n) is 12.0. The largest absolute Gasteiger partial charge is 0.351 e. The SMILES string of the molecule is CC(NC(=O)[C@@H](N)C(C)C)c1ccc(NC(N)=O)cc1. The lowest BCUT2D eigenvalue weighted by molar-refractivity contribution is -0.123. The number of anilines is 1. The van der Waals surface area contributed by atoms with Crippen LogP contribution in [-0.4, -0.2) is 18.0 Å². The van der Waals surface area contributed by atoms with E-state index in [1.54, 1.807) is 12.1 Å².